The van der Waals surface area contributed by atoms with Gasteiger partial charge in [-0.05, 0) is 31.0 Å². The van der Waals surface area contributed by atoms with Crippen LogP contribution in [0.25, 0.3) is 0 Å². The van der Waals surface area contributed by atoms with E-state index < -0.39 is 0 Å². The molecule has 0 saturated carbocycles. The van der Waals surface area contributed by atoms with Crippen LogP contribution in [0.15, 0.2) is 30.3 Å². The van der Waals surface area contributed by atoms with Crippen LogP contribution in [0.1, 0.15) is 30.0 Å². The fourth-order valence-electron chi connectivity index (χ4n) is 1.99. The summed E-state index contributed by atoms with van der Waals surface area (Å²) in [5, 5.41) is 13.5. The fraction of sp³-hybridized carbons (Fsp3) is 0.333. The highest BCUT2D eigenvalue weighted by Gasteiger charge is 2.11. The van der Waals surface area contributed by atoms with E-state index in [4.69, 9.17) is 11.6 Å². The fourth-order valence-corrected chi connectivity index (χ4v) is 2.12. The Balaban J connectivity index is 2.21. The zero-order valence-corrected chi connectivity index (χ0v) is 12.4. The summed E-state index contributed by atoms with van der Waals surface area (Å²) >= 11 is 5.88. The minimum absolute atomic E-state index is 0.0217. The summed E-state index contributed by atoms with van der Waals surface area (Å²) in [5.74, 6) is 1.45. The van der Waals surface area contributed by atoms with Gasteiger partial charge in [0.25, 0.3) is 0 Å². The van der Waals surface area contributed by atoms with Crippen LogP contribution in [0.3, 0.4) is 0 Å². The Morgan fingerprint density at radius 1 is 1.25 bits per heavy atom. The van der Waals surface area contributed by atoms with Gasteiger partial charge in [0.1, 0.15) is 11.6 Å². The summed E-state index contributed by atoms with van der Waals surface area (Å²) in [4.78, 5) is 8.69. The third-order valence-corrected chi connectivity index (χ3v) is 3.28. The van der Waals surface area contributed by atoms with Crippen LogP contribution in [0, 0.1) is 6.92 Å². The zero-order valence-electron chi connectivity index (χ0n) is 11.6. The molecule has 0 radical (unpaired) electrons. The van der Waals surface area contributed by atoms with Crippen molar-refractivity contribution in [2.45, 2.75) is 26.3 Å². The van der Waals surface area contributed by atoms with E-state index >= 15 is 0 Å². The molecule has 0 spiro atoms. The molecule has 0 aliphatic rings. The number of aromatic nitrogens is 2. The van der Waals surface area contributed by atoms with Gasteiger partial charge in [0.15, 0.2) is 0 Å². The molecule has 1 aromatic heterocycles. The molecule has 106 valence electrons. The molecule has 1 unspecified atom stereocenters. The molecule has 2 rings (SSSR count). The monoisotopic (exact) mass is 291 g/mol. The number of rotatable bonds is 5. The number of hydrogen-bond donors (Lipinski definition) is 2. The van der Waals surface area contributed by atoms with E-state index in [9.17, 15) is 5.11 Å². The number of aryl methyl sites for hydroxylation is 2. The van der Waals surface area contributed by atoms with Crippen molar-refractivity contribution in [3.05, 3.63) is 52.4 Å². The Bertz CT molecular complexity index is 572. The number of aliphatic hydroxyl groups excluding tert-OH is 1. The van der Waals surface area contributed by atoms with Gasteiger partial charge in [-0.3, -0.25) is 0 Å². The topological polar surface area (TPSA) is 58.0 Å². The van der Waals surface area contributed by atoms with Crippen molar-refractivity contribution in [2.75, 3.05) is 11.9 Å². The van der Waals surface area contributed by atoms with Crippen LogP contribution in [-0.4, -0.2) is 21.7 Å². The molecule has 2 N–H and O–H groups in total. The lowest BCUT2D eigenvalue weighted by molar-refractivity contribution is 0.276. The Hall–Kier alpha value is -1.65. The highest BCUT2D eigenvalue weighted by Crippen LogP contribution is 2.20. The number of benzene rings is 1. The van der Waals surface area contributed by atoms with Crippen molar-refractivity contribution >= 4 is 17.4 Å². The number of halogens is 1. The molecule has 0 saturated heterocycles. The molecule has 5 heteroatoms. The van der Waals surface area contributed by atoms with Crippen LogP contribution >= 0.6 is 11.6 Å². The van der Waals surface area contributed by atoms with Gasteiger partial charge in [-0.1, -0.05) is 30.7 Å². The van der Waals surface area contributed by atoms with Gasteiger partial charge in [-0.25, -0.2) is 9.97 Å². The van der Waals surface area contributed by atoms with E-state index in [-0.39, 0.29) is 12.6 Å². The van der Waals surface area contributed by atoms with Crippen molar-refractivity contribution < 1.29 is 5.11 Å². The van der Waals surface area contributed by atoms with Gasteiger partial charge in [-0.2, -0.15) is 0 Å². The van der Waals surface area contributed by atoms with Crippen molar-refractivity contribution in [3.8, 4) is 0 Å². The molecule has 0 bridgehead atoms. The van der Waals surface area contributed by atoms with E-state index in [1.165, 1.54) is 0 Å². The number of anilines is 1. The first-order chi connectivity index (χ1) is 9.62. The van der Waals surface area contributed by atoms with E-state index in [0.717, 1.165) is 29.3 Å². The first-order valence-corrected chi connectivity index (χ1v) is 6.97. The molecule has 1 atom stereocenters. The smallest absolute Gasteiger partial charge is 0.130 e. The summed E-state index contributed by atoms with van der Waals surface area (Å²) in [6, 6.07) is 9.10. The van der Waals surface area contributed by atoms with Gasteiger partial charge in [-0.15, -0.1) is 0 Å². The quantitative estimate of drug-likeness (QED) is 0.888. The van der Waals surface area contributed by atoms with Crippen molar-refractivity contribution in [1.82, 2.24) is 9.97 Å². The van der Waals surface area contributed by atoms with Crippen molar-refractivity contribution in [1.29, 1.82) is 0 Å². The predicted molar refractivity (Wildman–Crippen MR) is 81.0 cm³/mol. The highest BCUT2D eigenvalue weighted by atomic mass is 35.5. The van der Waals surface area contributed by atoms with Gasteiger partial charge >= 0.3 is 0 Å². The van der Waals surface area contributed by atoms with Crippen LogP contribution in [0.2, 0.25) is 5.02 Å². The maximum Gasteiger partial charge on any atom is 0.130 e. The second-order valence-electron chi connectivity index (χ2n) is 4.58. The first kappa shape index (κ1) is 14.8. The largest absolute Gasteiger partial charge is 0.394 e. The Kier molecular flexibility index (Phi) is 4.93. The highest BCUT2D eigenvalue weighted by molar-refractivity contribution is 6.30. The standard InChI is InChI=1S/C15H18ClN3O/c1-3-13-8-15(18-10(2)17-13)19-14(9-20)11-4-6-12(16)7-5-11/h4-8,14,20H,3,9H2,1-2H3,(H,17,18,19). The van der Waals surface area contributed by atoms with E-state index in [0.29, 0.717) is 5.02 Å². The summed E-state index contributed by atoms with van der Waals surface area (Å²) in [6.45, 7) is 3.89. The van der Waals surface area contributed by atoms with Gasteiger partial charge < -0.3 is 10.4 Å². The van der Waals surface area contributed by atoms with Gasteiger partial charge in [0.05, 0.1) is 12.6 Å². The third kappa shape index (κ3) is 3.68. The second kappa shape index (κ2) is 6.68. The van der Waals surface area contributed by atoms with Gasteiger partial charge in [0.2, 0.25) is 0 Å². The SMILES string of the molecule is CCc1cc(NC(CO)c2ccc(Cl)cc2)nc(C)n1. The van der Waals surface area contributed by atoms with E-state index in [1.807, 2.05) is 44.2 Å². The molecule has 0 amide bonds. The number of aliphatic hydroxyl groups is 1. The molecule has 0 fully saturated rings. The Morgan fingerprint density at radius 3 is 2.55 bits per heavy atom. The second-order valence-corrected chi connectivity index (χ2v) is 5.01. The molecular formula is C15H18ClN3O. The summed E-state index contributed by atoms with van der Waals surface area (Å²) in [6.07, 6.45) is 0.850. The molecule has 4 nitrogen and oxygen atoms in total. The lowest BCUT2D eigenvalue weighted by Crippen LogP contribution is -2.16. The minimum atomic E-state index is -0.216. The molecule has 0 aliphatic heterocycles. The van der Waals surface area contributed by atoms with Crippen LogP contribution in [-0.2, 0) is 6.42 Å². The molecule has 1 aromatic carbocycles. The van der Waals surface area contributed by atoms with E-state index in [2.05, 4.69) is 15.3 Å². The predicted octanol–water partition coefficient (Wildman–Crippen LogP) is 3.15. The maximum absolute atomic E-state index is 9.57. The summed E-state index contributed by atoms with van der Waals surface area (Å²) in [7, 11) is 0. The molecule has 2 aromatic rings. The first-order valence-electron chi connectivity index (χ1n) is 6.59. The molecule has 0 aliphatic carbocycles. The minimum Gasteiger partial charge on any atom is -0.394 e. The number of nitrogens with zero attached hydrogens (tertiary/aromatic N) is 2. The summed E-state index contributed by atoms with van der Waals surface area (Å²) < 4.78 is 0. The molecular weight excluding hydrogens is 274 g/mol. The average molecular weight is 292 g/mol. The summed E-state index contributed by atoms with van der Waals surface area (Å²) in [5.41, 5.74) is 1.94. The van der Waals surface area contributed by atoms with Crippen LogP contribution < -0.4 is 5.32 Å². The molecule has 20 heavy (non-hydrogen) atoms. The van der Waals surface area contributed by atoms with Crippen molar-refractivity contribution in [2.24, 2.45) is 0 Å². The van der Waals surface area contributed by atoms with Gasteiger partial charge in [0, 0.05) is 16.8 Å². The lowest BCUT2D eigenvalue weighted by atomic mass is 10.1. The Morgan fingerprint density at radius 2 is 1.95 bits per heavy atom. The van der Waals surface area contributed by atoms with Crippen LogP contribution in [0.5, 0.6) is 0 Å². The van der Waals surface area contributed by atoms with Crippen molar-refractivity contribution in [3.63, 3.8) is 0 Å². The Labute approximate surface area is 123 Å². The molecule has 1 heterocycles. The maximum atomic E-state index is 9.57. The normalized spacial score (nSPS) is 12.2. The number of hydrogen-bond acceptors (Lipinski definition) is 4. The third-order valence-electron chi connectivity index (χ3n) is 3.03. The number of nitrogens with one attached hydrogen (secondary N) is 1. The zero-order chi connectivity index (χ0) is 14.5. The van der Waals surface area contributed by atoms with E-state index in [1.54, 1.807) is 0 Å². The average Bonchev–Trinajstić information content (AvgIpc) is 2.45. The lowest BCUT2D eigenvalue weighted by Gasteiger charge is -2.18. The van der Waals surface area contributed by atoms with Crippen LogP contribution in [0.4, 0.5) is 5.82 Å².